The maximum absolute atomic E-state index is 5.66. The lowest BCUT2D eigenvalue weighted by Crippen LogP contribution is -1.96. The molecule has 11 rings (SSSR count). The van der Waals surface area contributed by atoms with Crippen molar-refractivity contribution >= 4 is 54.4 Å². The topological polar surface area (TPSA) is 48.8 Å². The highest BCUT2D eigenvalue weighted by Gasteiger charge is 2.18. The van der Waals surface area contributed by atoms with Crippen LogP contribution in [0.25, 0.3) is 99.7 Å². The van der Waals surface area contributed by atoms with Crippen LogP contribution in [0.2, 0.25) is 0 Å². The average Bonchev–Trinajstić information content (AvgIpc) is 3.94. The summed E-state index contributed by atoms with van der Waals surface area (Å²) in [6.45, 7) is 0. The molecule has 0 amide bonds. The highest BCUT2D eigenvalue weighted by atomic mass is 16.5. The first kappa shape index (κ1) is 29.5. The predicted molar refractivity (Wildman–Crippen MR) is 217 cm³/mol. The Morgan fingerprint density at radius 3 is 1.68 bits per heavy atom. The summed E-state index contributed by atoms with van der Waals surface area (Å²) in [4.78, 5) is 4.66. The van der Waals surface area contributed by atoms with Crippen molar-refractivity contribution in [3.05, 3.63) is 182 Å². The number of para-hydroxylation sites is 2. The predicted octanol–water partition coefficient (Wildman–Crippen LogP) is 12.4. The molecule has 248 valence electrons. The largest absolute Gasteiger partial charge is 0.334 e. The van der Waals surface area contributed by atoms with Crippen LogP contribution < -0.4 is 0 Å². The average molecular weight is 679 g/mol. The molecule has 0 unspecified atom stereocenters. The van der Waals surface area contributed by atoms with Crippen molar-refractivity contribution < 1.29 is 4.52 Å². The zero-order valence-electron chi connectivity index (χ0n) is 28.5. The summed E-state index contributed by atoms with van der Waals surface area (Å²) in [5.74, 6) is 1.08. The van der Waals surface area contributed by atoms with Gasteiger partial charge in [-0.2, -0.15) is 4.98 Å². The lowest BCUT2D eigenvalue weighted by Gasteiger charge is -2.11. The zero-order chi connectivity index (χ0) is 34.9. The lowest BCUT2D eigenvalue weighted by atomic mass is 9.99. The fourth-order valence-electron chi connectivity index (χ4n) is 7.98. The molecule has 0 N–H and O–H groups in total. The van der Waals surface area contributed by atoms with E-state index < -0.39 is 0 Å². The van der Waals surface area contributed by atoms with Gasteiger partial charge in [-0.25, -0.2) is 0 Å². The Kier molecular flexibility index (Phi) is 6.48. The van der Waals surface area contributed by atoms with E-state index in [0.29, 0.717) is 11.7 Å². The molecule has 8 aromatic carbocycles. The van der Waals surface area contributed by atoms with Crippen LogP contribution in [0, 0.1) is 0 Å². The van der Waals surface area contributed by atoms with Crippen LogP contribution >= 0.6 is 0 Å². The van der Waals surface area contributed by atoms with E-state index in [1.54, 1.807) is 0 Å². The minimum Gasteiger partial charge on any atom is -0.334 e. The molecule has 0 radical (unpaired) electrons. The Hall–Kier alpha value is -7.24. The van der Waals surface area contributed by atoms with Gasteiger partial charge in [0.05, 0.1) is 22.1 Å². The highest BCUT2D eigenvalue weighted by Crippen LogP contribution is 2.39. The van der Waals surface area contributed by atoms with E-state index in [2.05, 4.69) is 171 Å². The molecular formula is C48H30N4O. The number of fused-ring (bicyclic) bond motifs is 7. The van der Waals surface area contributed by atoms with Crippen molar-refractivity contribution in [1.29, 1.82) is 0 Å². The number of nitrogens with zero attached hydrogens (tertiary/aromatic N) is 4. The van der Waals surface area contributed by atoms with Crippen molar-refractivity contribution in [2.45, 2.75) is 0 Å². The van der Waals surface area contributed by atoms with Gasteiger partial charge in [-0.1, -0.05) is 114 Å². The standard InChI is InChI=1S/C48H30N4O/c1-2-11-32(12-3-1)47-49-48(53-50-47)33-20-23-37(24-21-33)51-43-16-8-7-15-40(43)42-30-38(25-27-46(42)51)52-44-17-9-6-14-39(44)41-29-36(22-26-45(41)52)35-19-18-31-10-4-5-13-34(31)28-35/h1-30H. The molecular weight excluding hydrogens is 649 g/mol. The van der Waals surface area contributed by atoms with Crippen LogP contribution in [0.1, 0.15) is 0 Å². The number of benzene rings is 8. The molecule has 53 heavy (non-hydrogen) atoms. The van der Waals surface area contributed by atoms with E-state index in [1.807, 2.05) is 30.3 Å². The van der Waals surface area contributed by atoms with Crippen molar-refractivity contribution in [2.75, 3.05) is 0 Å². The van der Waals surface area contributed by atoms with Crippen LogP contribution in [0.15, 0.2) is 187 Å². The summed E-state index contributed by atoms with van der Waals surface area (Å²) in [5.41, 5.74) is 11.1. The van der Waals surface area contributed by atoms with Gasteiger partial charge in [-0.05, 0) is 94.7 Å². The summed E-state index contributed by atoms with van der Waals surface area (Å²) in [6.07, 6.45) is 0. The first-order chi connectivity index (χ1) is 26.3. The van der Waals surface area contributed by atoms with E-state index in [-0.39, 0.29) is 0 Å². The third-order valence-electron chi connectivity index (χ3n) is 10.5. The van der Waals surface area contributed by atoms with Gasteiger partial charge in [0.25, 0.3) is 5.89 Å². The Bertz CT molecular complexity index is 3170. The minimum atomic E-state index is 0.498. The monoisotopic (exact) mass is 678 g/mol. The van der Waals surface area contributed by atoms with Crippen molar-refractivity contribution in [2.24, 2.45) is 0 Å². The fourth-order valence-corrected chi connectivity index (χ4v) is 7.98. The van der Waals surface area contributed by atoms with Crippen LogP contribution in [0.4, 0.5) is 0 Å². The van der Waals surface area contributed by atoms with E-state index in [1.165, 1.54) is 54.5 Å². The summed E-state index contributed by atoms with van der Waals surface area (Å²) in [5, 5.41) is 11.6. The summed E-state index contributed by atoms with van der Waals surface area (Å²) in [6, 6.07) is 64.6. The van der Waals surface area contributed by atoms with Gasteiger partial charge in [-0.3, -0.25) is 0 Å². The Labute approximate surface area is 304 Å². The van der Waals surface area contributed by atoms with Gasteiger partial charge < -0.3 is 13.7 Å². The summed E-state index contributed by atoms with van der Waals surface area (Å²) < 4.78 is 10.4. The Morgan fingerprint density at radius 2 is 0.906 bits per heavy atom. The molecule has 0 saturated carbocycles. The van der Waals surface area contributed by atoms with E-state index in [0.717, 1.165) is 33.5 Å². The summed E-state index contributed by atoms with van der Waals surface area (Å²) in [7, 11) is 0. The van der Waals surface area contributed by atoms with Gasteiger partial charge in [0.1, 0.15) is 0 Å². The van der Waals surface area contributed by atoms with Crippen molar-refractivity contribution in [3.63, 3.8) is 0 Å². The zero-order valence-corrected chi connectivity index (χ0v) is 28.5. The number of rotatable bonds is 5. The molecule has 3 heterocycles. The second-order valence-corrected chi connectivity index (χ2v) is 13.5. The number of hydrogen-bond acceptors (Lipinski definition) is 3. The maximum Gasteiger partial charge on any atom is 0.258 e. The minimum absolute atomic E-state index is 0.498. The fraction of sp³-hybridized carbons (Fsp3) is 0. The molecule has 0 spiro atoms. The smallest absolute Gasteiger partial charge is 0.258 e. The van der Waals surface area contributed by atoms with Gasteiger partial charge in [0.2, 0.25) is 5.82 Å². The first-order valence-corrected chi connectivity index (χ1v) is 17.8. The molecule has 0 fully saturated rings. The molecule has 0 bridgehead atoms. The van der Waals surface area contributed by atoms with Gasteiger partial charge in [-0.15, -0.1) is 0 Å². The third kappa shape index (κ3) is 4.71. The first-order valence-electron chi connectivity index (χ1n) is 17.8. The maximum atomic E-state index is 5.66. The second-order valence-electron chi connectivity index (χ2n) is 13.5. The van der Waals surface area contributed by atoms with Crippen molar-refractivity contribution in [3.8, 4) is 45.3 Å². The molecule has 11 aromatic rings. The lowest BCUT2D eigenvalue weighted by molar-refractivity contribution is 0.432. The molecule has 0 saturated heterocycles. The van der Waals surface area contributed by atoms with Crippen LogP contribution in [0.3, 0.4) is 0 Å². The molecule has 0 aliphatic rings. The van der Waals surface area contributed by atoms with Gasteiger partial charge in [0.15, 0.2) is 0 Å². The summed E-state index contributed by atoms with van der Waals surface area (Å²) >= 11 is 0. The molecule has 0 aliphatic carbocycles. The Morgan fingerprint density at radius 1 is 0.358 bits per heavy atom. The van der Waals surface area contributed by atoms with Crippen LogP contribution in [-0.4, -0.2) is 19.3 Å². The third-order valence-corrected chi connectivity index (χ3v) is 10.5. The molecule has 3 aromatic heterocycles. The quantitative estimate of drug-likeness (QED) is 0.182. The second kappa shape index (κ2) is 11.7. The molecule has 5 heteroatoms. The molecule has 0 aliphatic heterocycles. The highest BCUT2D eigenvalue weighted by molar-refractivity contribution is 6.13. The van der Waals surface area contributed by atoms with E-state index >= 15 is 0 Å². The normalized spacial score (nSPS) is 11.8. The van der Waals surface area contributed by atoms with E-state index in [9.17, 15) is 0 Å². The number of hydrogen-bond donors (Lipinski definition) is 0. The van der Waals surface area contributed by atoms with Gasteiger partial charge in [0, 0.05) is 44.0 Å². The SMILES string of the molecule is c1ccc(-c2noc(-c3ccc(-n4c5ccccc5c5cc(-n6c7ccccc7c7cc(-c8ccc9ccccc9c8)ccc76)ccc54)cc3)n2)cc1. The van der Waals surface area contributed by atoms with Gasteiger partial charge >= 0.3 is 0 Å². The molecule has 5 nitrogen and oxygen atoms in total. The van der Waals surface area contributed by atoms with Crippen LogP contribution in [-0.2, 0) is 0 Å². The van der Waals surface area contributed by atoms with Crippen LogP contribution in [0.5, 0.6) is 0 Å². The Balaban J connectivity index is 1.02. The number of aromatic nitrogens is 4. The van der Waals surface area contributed by atoms with Crippen molar-refractivity contribution in [1.82, 2.24) is 19.3 Å². The molecule has 0 atom stereocenters. The van der Waals surface area contributed by atoms with E-state index in [4.69, 9.17) is 4.52 Å².